The smallest absolute Gasteiger partial charge is 0.253 e. The molecule has 2 atom stereocenters. The van der Waals surface area contributed by atoms with E-state index < -0.39 is 0 Å². The van der Waals surface area contributed by atoms with Crippen LogP contribution in [0.2, 0.25) is 5.02 Å². The highest BCUT2D eigenvalue weighted by molar-refractivity contribution is 6.30. The summed E-state index contributed by atoms with van der Waals surface area (Å²) in [6.45, 7) is 6.62. The molecule has 2 N–H and O–H groups in total. The van der Waals surface area contributed by atoms with Crippen molar-refractivity contribution in [2.75, 3.05) is 25.0 Å². The van der Waals surface area contributed by atoms with Crippen LogP contribution >= 0.6 is 11.6 Å². The predicted molar refractivity (Wildman–Crippen MR) is 120 cm³/mol. The van der Waals surface area contributed by atoms with Crippen molar-refractivity contribution in [1.82, 2.24) is 5.32 Å². The highest BCUT2D eigenvalue weighted by atomic mass is 35.5. The van der Waals surface area contributed by atoms with Crippen molar-refractivity contribution in [3.05, 3.63) is 64.7 Å². The van der Waals surface area contributed by atoms with Crippen LogP contribution in [0.1, 0.15) is 42.6 Å². The van der Waals surface area contributed by atoms with Gasteiger partial charge >= 0.3 is 0 Å². The topological polar surface area (TPSA) is 50.4 Å². The highest BCUT2D eigenvalue weighted by Crippen LogP contribution is 2.24. The van der Waals surface area contributed by atoms with Crippen LogP contribution in [0.5, 0.6) is 0 Å². The van der Waals surface area contributed by atoms with E-state index in [4.69, 9.17) is 16.3 Å². The molecular formula is C24H31ClN2O2. The average Bonchev–Trinajstić information content (AvgIpc) is 2.74. The van der Waals surface area contributed by atoms with Crippen molar-refractivity contribution in [3.8, 4) is 0 Å². The molecule has 4 nitrogen and oxygen atoms in total. The Bertz CT molecular complexity index is 792. The maximum Gasteiger partial charge on any atom is 0.253 e. The minimum absolute atomic E-state index is 0.0211. The lowest BCUT2D eigenvalue weighted by molar-refractivity contribution is -0.0333. The Balaban J connectivity index is 1.52. The summed E-state index contributed by atoms with van der Waals surface area (Å²) in [6.07, 6.45) is 3.18. The van der Waals surface area contributed by atoms with Gasteiger partial charge in [-0.2, -0.15) is 0 Å². The molecule has 0 saturated carbocycles. The molecule has 5 heteroatoms. The molecule has 3 rings (SSSR count). The summed E-state index contributed by atoms with van der Waals surface area (Å²) in [5.41, 5.74) is 2.77. The molecule has 1 aliphatic heterocycles. The summed E-state index contributed by atoms with van der Waals surface area (Å²) >= 11 is 5.94. The number of rotatable bonds is 8. The summed E-state index contributed by atoms with van der Waals surface area (Å²) < 4.78 is 5.84. The minimum Gasteiger partial charge on any atom is -0.384 e. The molecule has 29 heavy (non-hydrogen) atoms. The Hall–Kier alpha value is -2.04. The van der Waals surface area contributed by atoms with E-state index >= 15 is 0 Å². The summed E-state index contributed by atoms with van der Waals surface area (Å²) in [5, 5.41) is 7.28. The van der Waals surface area contributed by atoms with Gasteiger partial charge < -0.3 is 15.4 Å². The van der Waals surface area contributed by atoms with E-state index in [1.165, 1.54) is 5.56 Å². The normalized spacial score (nSPS) is 19.2. The number of para-hydroxylation sites is 1. The largest absolute Gasteiger partial charge is 0.384 e. The van der Waals surface area contributed by atoms with E-state index in [1.54, 1.807) is 0 Å². The molecule has 0 aliphatic carbocycles. The van der Waals surface area contributed by atoms with Crippen molar-refractivity contribution in [2.45, 2.75) is 39.2 Å². The van der Waals surface area contributed by atoms with E-state index in [0.717, 1.165) is 43.1 Å². The first kappa shape index (κ1) is 21.7. The molecule has 2 aromatic carbocycles. The van der Waals surface area contributed by atoms with Gasteiger partial charge in [-0.25, -0.2) is 0 Å². The summed E-state index contributed by atoms with van der Waals surface area (Å²) in [5.74, 6) is 0.969. The Kier molecular flexibility index (Phi) is 7.96. The maximum absolute atomic E-state index is 12.8. The molecule has 1 heterocycles. The summed E-state index contributed by atoms with van der Waals surface area (Å²) in [6, 6.07) is 15.6. The van der Waals surface area contributed by atoms with E-state index in [2.05, 4.69) is 24.5 Å². The van der Waals surface area contributed by atoms with Gasteiger partial charge in [0, 0.05) is 30.4 Å². The van der Waals surface area contributed by atoms with Crippen molar-refractivity contribution >= 4 is 23.2 Å². The van der Waals surface area contributed by atoms with E-state index in [-0.39, 0.29) is 5.91 Å². The number of nitrogens with one attached hydrogen (secondary N) is 2. The van der Waals surface area contributed by atoms with Gasteiger partial charge in [0.15, 0.2) is 0 Å². The standard InChI is InChI=1S/C24H31ClN2O2/c1-17(2)23-15-19(12-14-29-23)16-27-24(28)21-5-3-4-6-22(21)26-13-11-18-7-9-20(25)10-8-18/h3-10,17,19,23,26H,11-16H2,1-2H3,(H,27,28). The monoisotopic (exact) mass is 414 g/mol. The van der Waals surface area contributed by atoms with E-state index in [1.807, 2.05) is 48.5 Å². The van der Waals surface area contributed by atoms with Crippen LogP contribution in [-0.4, -0.2) is 31.7 Å². The van der Waals surface area contributed by atoms with Gasteiger partial charge in [0.2, 0.25) is 0 Å². The van der Waals surface area contributed by atoms with Gasteiger partial charge in [-0.3, -0.25) is 4.79 Å². The quantitative estimate of drug-likeness (QED) is 0.626. The van der Waals surface area contributed by atoms with Crippen molar-refractivity contribution in [1.29, 1.82) is 0 Å². The zero-order chi connectivity index (χ0) is 20.6. The fraction of sp³-hybridized carbons (Fsp3) is 0.458. The van der Waals surface area contributed by atoms with Crippen LogP contribution in [0.15, 0.2) is 48.5 Å². The predicted octanol–water partition coefficient (Wildman–Crippen LogP) is 5.18. The Labute approximate surface area is 179 Å². The van der Waals surface area contributed by atoms with Crippen LogP contribution in [-0.2, 0) is 11.2 Å². The Morgan fingerprint density at radius 3 is 2.69 bits per heavy atom. The Morgan fingerprint density at radius 1 is 1.17 bits per heavy atom. The number of anilines is 1. The molecular weight excluding hydrogens is 384 g/mol. The lowest BCUT2D eigenvalue weighted by atomic mass is 9.90. The molecule has 0 bridgehead atoms. The number of hydrogen-bond acceptors (Lipinski definition) is 3. The van der Waals surface area contributed by atoms with Gasteiger partial charge in [-0.05, 0) is 60.9 Å². The van der Waals surface area contributed by atoms with Crippen molar-refractivity contribution in [2.24, 2.45) is 11.8 Å². The molecule has 1 amide bonds. The maximum atomic E-state index is 12.8. The number of hydrogen-bond donors (Lipinski definition) is 2. The summed E-state index contributed by atoms with van der Waals surface area (Å²) in [4.78, 5) is 12.8. The first-order valence-corrected chi connectivity index (χ1v) is 10.9. The molecule has 1 fully saturated rings. The third-order valence-corrected chi connectivity index (χ3v) is 5.78. The second-order valence-electron chi connectivity index (χ2n) is 8.10. The first-order chi connectivity index (χ1) is 14.0. The number of ether oxygens (including phenoxy) is 1. The fourth-order valence-electron chi connectivity index (χ4n) is 3.71. The van der Waals surface area contributed by atoms with Gasteiger partial charge in [-0.1, -0.05) is 49.7 Å². The van der Waals surface area contributed by atoms with Crippen LogP contribution < -0.4 is 10.6 Å². The first-order valence-electron chi connectivity index (χ1n) is 10.5. The molecule has 2 unspecified atom stereocenters. The number of amides is 1. The van der Waals surface area contributed by atoms with Gasteiger partial charge in [-0.15, -0.1) is 0 Å². The number of benzene rings is 2. The SMILES string of the molecule is CC(C)C1CC(CNC(=O)c2ccccc2NCCc2ccc(Cl)cc2)CCO1. The fourth-order valence-corrected chi connectivity index (χ4v) is 3.84. The van der Waals surface area contributed by atoms with E-state index in [0.29, 0.717) is 30.0 Å². The number of halogens is 1. The lowest BCUT2D eigenvalue weighted by Gasteiger charge is -2.32. The van der Waals surface area contributed by atoms with Crippen molar-refractivity contribution < 1.29 is 9.53 Å². The lowest BCUT2D eigenvalue weighted by Crippen LogP contribution is -2.37. The van der Waals surface area contributed by atoms with Crippen LogP contribution in [0.3, 0.4) is 0 Å². The van der Waals surface area contributed by atoms with Crippen LogP contribution in [0.4, 0.5) is 5.69 Å². The van der Waals surface area contributed by atoms with Crippen molar-refractivity contribution in [3.63, 3.8) is 0 Å². The zero-order valence-electron chi connectivity index (χ0n) is 17.3. The minimum atomic E-state index is -0.0211. The summed E-state index contributed by atoms with van der Waals surface area (Å²) in [7, 11) is 0. The highest BCUT2D eigenvalue weighted by Gasteiger charge is 2.25. The number of carbonyl (C=O) groups excluding carboxylic acids is 1. The van der Waals surface area contributed by atoms with Gasteiger partial charge in [0.05, 0.1) is 11.7 Å². The average molecular weight is 415 g/mol. The Morgan fingerprint density at radius 2 is 1.93 bits per heavy atom. The zero-order valence-corrected chi connectivity index (χ0v) is 18.0. The van der Waals surface area contributed by atoms with Gasteiger partial charge in [0.1, 0.15) is 0 Å². The third kappa shape index (κ3) is 6.48. The molecule has 0 spiro atoms. The molecule has 1 saturated heterocycles. The second kappa shape index (κ2) is 10.7. The van der Waals surface area contributed by atoms with Gasteiger partial charge in [0.25, 0.3) is 5.91 Å². The number of carbonyl (C=O) groups is 1. The van der Waals surface area contributed by atoms with Crippen LogP contribution in [0.25, 0.3) is 0 Å². The molecule has 156 valence electrons. The van der Waals surface area contributed by atoms with Crippen LogP contribution in [0, 0.1) is 11.8 Å². The van der Waals surface area contributed by atoms with E-state index in [9.17, 15) is 4.79 Å². The molecule has 1 aliphatic rings. The molecule has 0 aromatic heterocycles. The third-order valence-electron chi connectivity index (χ3n) is 5.53. The molecule has 2 aromatic rings. The molecule has 0 radical (unpaired) electrons. The second-order valence-corrected chi connectivity index (χ2v) is 8.54.